The van der Waals surface area contributed by atoms with Crippen molar-refractivity contribution in [3.05, 3.63) is 53.8 Å². The summed E-state index contributed by atoms with van der Waals surface area (Å²) in [5.41, 5.74) is 1.77. The van der Waals surface area contributed by atoms with Gasteiger partial charge in [0.1, 0.15) is 5.82 Å². The van der Waals surface area contributed by atoms with E-state index in [9.17, 15) is 12.8 Å². The number of sulfonamides is 1. The third-order valence-corrected chi connectivity index (χ3v) is 4.40. The first-order valence-electron chi connectivity index (χ1n) is 6.36. The Morgan fingerprint density at radius 3 is 2.24 bits per heavy atom. The molecule has 2 rings (SSSR count). The van der Waals surface area contributed by atoms with Gasteiger partial charge in [0.25, 0.3) is 10.0 Å². The van der Waals surface area contributed by atoms with Crippen molar-refractivity contribution in [3.8, 4) is 0 Å². The summed E-state index contributed by atoms with van der Waals surface area (Å²) in [6.45, 7) is 1.88. The number of benzene rings is 2. The highest BCUT2D eigenvalue weighted by atomic mass is 32.2. The van der Waals surface area contributed by atoms with E-state index in [1.807, 2.05) is 6.92 Å². The van der Waals surface area contributed by atoms with Crippen LogP contribution in [0.5, 0.6) is 0 Å². The van der Waals surface area contributed by atoms with E-state index in [1.54, 1.807) is 31.1 Å². The number of halogens is 1. The highest BCUT2D eigenvalue weighted by Gasteiger charge is 2.17. The minimum atomic E-state index is -3.75. The minimum absolute atomic E-state index is 0.141. The van der Waals surface area contributed by atoms with Gasteiger partial charge < -0.3 is 4.90 Å². The number of anilines is 2. The average molecular weight is 308 g/mol. The Morgan fingerprint density at radius 1 is 1.05 bits per heavy atom. The molecule has 112 valence electrons. The van der Waals surface area contributed by atoms with E-state index in [0.29, 0.717) is 5.69 Å². The average Bonchev–Trinajstić information content (AvgIpc) is 2.38. The van der Waals surface area contributed by atoms with Crippen molar-refractivity contribution in [1.82, 2.24) is 0 Å². The second-order valence-corrected chi connectivity index (χ2v) is 6.66. The number of hydrogen-bond donors (Lipinski definition) is 1. The number of aryl methyl sites for hydroxylation is 1. The number of nitrogens with zero attached hydrogens (tertiary/aromatic N) is 1. The SMILES string of the molecule is Cc1ccc(S(=O)(=O)Nc2cc(F)ccc2N(C)C)cc1. The molecule has 0 heterocycles. The van der Waals surface area contributed by atoms with Crippen molar-refractivity contribution in [1.29, 1.82) is 0 Å². The molecule has 0 saturated carbocycles. The summed E-state index contributed by atoms with van der Waals surface area (Å²) in [5, 5.41) is 0. The van der Waals surface area contributed by atoms with Crippen LogP contribution in [0.15, 0.2) is 47.4 Å². The maximum Gasteiger partial charge on any atom is 0.261 e. The molecule has 1 N–H and O–H groups in total. The van der Waals surface area contributed by atoms with E-state index in [-0.39, 0.29) is 10.6 Å². The molecule has 6 heteroatoms. The molecule has 0 unspecified atom stereocenters. The van der Waals surface area contributed by atoms with Crippen molar-refractivity contribution < 1.29 is 12.8 Å². The van der Waals surface area contributed by atoms with Crippen molar-refractivity contribution >= 4 is 21.4 Å². The molecule has 2 aromatic rings. The van der Waals surface area contributed by atoms with E-state index in [4.69, 9.17) is 0 Å². The molecule has 0 aliphatic rings. The second-order valence-electron chi connectivity index (χ2n) is 4.97. The van der Waals surface area contributed by atoms with Gasteiger partial charge in [-0.2, -0.15) is 0 Å². The lowest BCUT2D eigenvalue weighted by Gasteiger charge is -2.18. The second kappa shape index (κ2) is 5.73. The predicted molar refractivity (Wildman–Crippen MR) is 82.7 cm³/mol. The fourth-order valence-electron chi connectivity index (χ4n) is 1.90. The quantitative estimate of drug-likeness (QED) is 0.944. The summed E-state index contributed by atoms with van der Waals surface area (Å²) < 4.78 is 40.5. The van der Waals surface area contributed by atoms with Crippen LogP contribution in [0, 0.1) is 12.7 Å². The van der Waals surface area contributed by atoms with Crippen LogP contribution in [0.25, 0.3) is 0 Å². The molecule has 0 aliphatic heterocycles. The Morgan fingerprint density at radius 2 is 1.67 bits per heavy atom. The summed E-state index contributed by atoms with van der Waals surface area (Å²) in [5.74, 6) is -0.498. The highest BCUT2D eigenvalue weighted by molar-refractivity contribution is 7.92. The Kier molecular flexibility index (Phi) is 4.18. The third kappa shape index (κ3) is 3.52. The van der Waals surface area contributed by atoms with Gasteiger partial charge in [-0.1, -0.05) is 17.7 Å². The summed E-state index contributed by atoms with van der Waals surface area (Å²) in [7, 11) is -0.225. The van der Waals surface area contributed by atoms with Gasteiger partial charge >= 0.3 is 0 Å². The molecule has 0 aromatic heterocycles. The maximum absolute atomic E-state index is 13.4. The third-order valence-electron chi connectivity index (χ3n) is 3.02. The lowest BCUT2D eigenvalue weighted by atomic mass is 10.2. The van der Waals surface area contributed by atoms with Crippen molar-refractivity contribution in [2.75, 3.05) is 23.7 Å². The van der Waals surface area contributed by atoms with E-state index >= 15 is 0 Å². The van der Waals surface area contributed by atoms with Crippen LogP contribution in [0.1, 0.15) is 5.56 Å². The minimum Gasteiger partial charge on any atom is -0.376 e. The molecule has 0 spiro atoms. The molecular weight excluding hydrogens is 291 g/mol. The first-order valence-corrected chi connectivity index (χ1v) is 7.84. The van der Waals surface area contributed by atoms with Crippen LogP contribution in [0.2, 0.25) is 0 Å². The Bertz CT molecular complexity index is 741. The van der Waals surface area contributed by atoms with Gasteiger partial charge in [-0.25, -0.2) is 12.8 Å². The number of nitrogens with one attached hydrogen (secondary N) is 1. The van der Waals surface area contributed by atoms with Crippen molar-refractivity contribution in [2.24, 2.45) is 0 Å². The molecule has 0 fully saturated rings. The molecule has 2 aromatic carbocycles. The standard InChI is InChI=1S/C15H17FN2O2S/c1-11-4-7-13(8-5-11)21(19,20)17-14-10-12(16)6-9-15(14)18(2)3/h4-10,17H,1-3H3. The van der Waals surface area contributed by atoms with Gasteiger partial charge in [0.15, 0.2) is 0 Å². The zero-order valence-corrected chi connectivity index (χ0v) is 12.9. The Hall–Kier alpha value is -2.08. The van der Waals surface area contributed by atoms with E-state index in [1.165, 1.54) is 30.3 Å². The normalized spacial score (nSPS) is 11.2. The molecule has 0 amide bonds. The van der Waals surface area contributed by atoms with Crippen LogP contribution in [-0.2, 0) is 10.0 Å². The summed E-state index contributed by atoms with van der Waals surface area (Å²) in [4.78, 5) is 1.86. The smallest absolute Gasteiger partial charge is 0.261 e. The van der Waals surface area contributed by atoms with Crippen LogP contribution in [0.3, 0.4) is 0 Å². The molecular formula is C15H17FN2O2S. The molecule has 21 heavy (non-hydrogen) atoms. The van der Waals surface area contributed by atoms with Crippen LogP contribution in [-0.4, -0.2) is 22.5 Å². The topological polar surface area (TPSA) is 49.4 Å². The molecule has 0 aliphatic carbocycles. The maximum atomic E-state index is 13.4. The lowest BCUT2D eigenvalue weighted by Crippen LogP contribution is -2.17. The van der Waals surface area contributed by atoms with Crippen LogP contribution in [0.4, 0.5) is 15.8 Å². The largest absolute Gasteiger partial charge is 0.376 e. The number of hydrogen-bond acceptors (Lipinski definition) is 3. The first kappa shape index (κ1) is 15.3. The summed E-state index contributed by atoms with van der Waals surface area (Å²) in [6, 6.07) is 10.5. The summed E-state index contributed by atoms with van der Waals surface area (Å²) in [6.07, 6.45) is 0. The Balaban J connectivity index is 2.41. The number of rotatable bonds is 4. The zero-order valence-electron chi connectivity index (χ0n) is 12.1. The zero-order chi connectivity index (χ0) is 15.6. The van der Waals surface area contributed by atoms with Gasteiger partial charge in [0.2, 0.25) is 0 Å². The van der Waals surface area contributed by atoms with Gasteiger partial charge in [-0.15, -0.1) is 0 Å². The Labute approximate surface area is 124 Å². The van der Waals surface area contributed by atoms with Gasteiger partial charge in [0, 0.05) is 20.2 Å². The predicted octanol–water partition coefficient (Wildman–Crippen LogP) is 3.00. The van der Waals surface area contributed by atoms with Crippen LogP contribution >= 0.6 is 0 Å². The summed E-state index contributed by atoms with van der Waals surface area (Å²) >= 11 is 0. The van der Waals surface area contributed by atoms with Crippen LogP contribution < -0.4 is 9.62 Å². The first-order chi connectivity index (χ1) is 9.79. The fraction of sp³-hybridized carbons (Fsp3) is 0.200. The van der Waals surface area contributed by atoms with Gasteiger partial charge in [-0.3, -0.25) is 4.72 Å². The molecule has 0 saturated heterocycles. The van der Waals surface area contributed by atoms with E-state index in [0.717, 1.165) is 5.56 Å². The van der Waals surface area contributed by atoms with Gasteiger partial charge in [0.05, 0.1) is 16.3 Å². The van der Waals surface area contributed by atoms with Gasteiger partial charge in [-0.05, 0) is 31.2 Å². The monoisotopic (exact) mass is 308 g/mol. The van der Waals surface area contributed by atoms with E-state index in [2.05, 4.69) is 4.72 Å². The molecule has 0 radical (unpaired) electrons. The van der Waals surface area contributed by atoms with Crippen molar-refractivity contribution in [2.45, 2.75) is 11.8 Å². The molecule has 0 atom stereocenters. The van der Waals surface area contributed by atoms with Crippen molar-refractivity contribution in [3.63, 3.8) is 0 Å². The lowest BCUT2D eigenvalue weighted by molar-refractivity contribution is 0.601. The fourth-order valence-corrected chi connectivity index (χ4v) is 2.97. The van der Waals surface area contributed by atoms with E-state index < -0.39 is 15.8 Å². The highest BCUT2D eigenvalue weighted by Crippen LogP contribution is 2.27. The molecule has 0 bridgehead atoms. The molecule has 4 nitrogen and oxygen atoms in total.